The molecule has 1 atom stereocenters. The molecule has 4 nitrogen and oxygen atoms in total. The van der Waals surface area contributed by atoms with Crippen LogP contribution in [0.15, 0.2) is 18.3 Å². The summed E-state index contributed by atoms with van der Waals surface area (Å²) in [6.45, 7) is 1.15. The molecule has 0 aliphatic carbocycles. The van der Waals surface area contributed by atoms with Gasteiger partial charge in [-0.05, 0) is 31.5 Å². The van der Waals surface area contributed by atoms with Gasteiger partial charge in [-0.25, -0.2) is 9.97 Å². The first-order valence-electron chi connectivity index (χ1n) is 5.84. The lowest BCUT2D eigenvalue weighted by atomic mass is 10.1. The van der Waals surface area contributed by atoms with Crippen LogP contribution in [0.1, 0.15) is 18.7 Å². The van der Waals surface area contributed by atoms with Gasteiger partial charge in [0.25, 0.3) is 0 Å². The molecule has 0 bridgehead atoms. The molecule has 3 rings (SSSR count). The van der Waals surface area contributed by atoms with Gasteiger partial charge in [-0.2, -0.15) is 0 Å². The van der Waals surface area contributed by atoms with Crippen molar-refractivity contribution >= 4 is 11.2 Å². The largest absolute Gasteiger partial charge is 0.330 e. The fraction of sp³-hybridized carbons (Fsp3) is 0.500. The molecule has 0 spiro atoms. The molecule has 84 valence electrons. The highest BCUT2D eigenvalue weighted by Gasteiger charge is 2.17. The van der Waals surface area contributed by atoms with Crippen molar-refractivity contribution in [3.05, 3.63) is 24.2 Å². The van der Waals surface area contributed by atoms with E-state index >= 15 is 0 Å². The van der Waals surface area contributed by atoms with Crippen molar-refractivity contribution in [3.63, 3.8) is 0 Å². The number of aromatic nitrogens is 3. The Hall–Kier alpha value is -1.42. The molecule has 0 amide bonds. The summed E-state index contributed by atoms with van der Waals surface area (Å²) in [7, 11) is 2.07. The van der Waals surface area contributed by atoms with E-state index in [1.54, 1.807) is 6.20 Å². The highest BCUT2D eigenvalue weighted by molar-refractivity contribution is 5.71. The van der Waals surface area contributed by atoms with E-state index < -0.39 is 0 Å². The normalized spacial score (nSPS) is 20.7. The fourth-order valence-electron chi connectivity index (χ4n) is 2.41. The van der Waals surface area contributed by atoms with E-state index in [-0.39, 0.29) is 0 Å². The number of pyridine rings is 1. The molecule has 1 unspecified atom stereocenters. The SMILES string of the molecule is Cn1c(CC2CCCN2)nc2ncccc21. The van der Waals surface area contributed by atoms with E-state index in [1.807, 2.05) is 6.07 Å². The predicted octanol–water partition coefficient (Wildman–Crippen LogP) is 1.26. The zero-order valence-electron chi connectivity index (χ0n) is 9.48. The number of hydrogen-bond acceptors (Lipinski definition) is 3. The highest BCUT2D eigenvalue weighted by Crippen LogP contribution is 2.16. The van der Waals surface area contributed by atoms with Crippen LogP contribution in [0.5, 0.6) is 0 Å². The van der Waals surface area contributed by atoms with Gasteiger partial charge >= 0.3 is 0 Å². The van der Waals surface area contributed by atoms with Crippen LogP contribution < -0.4 is 5.32 Å². The van der Waals surface area contributed by atoms with Crippen LogP contribution in [0.25, 0.3) is 11.2 Å². The maximum atomic E-state index is 4.59. The Labute approximate surface area is 94.7 Å². The monoisotopic (exact) mass is 216 g/mol. The predicted molar refractivity (Wildman–Crippen MR) is 63.2 cm³/mol. The number of nitrogens with one attached hydrogen (secondary N) is 1. The summed E-state index contributed by atoms with van der Waals surface area (Å²) < 4.78 is 2.16. The Morgan fingerprint density at radius 2 is 2.50 bits per heavy atom. The second kappa shape index (κ2) is 3.87. The Balaban J connectivity index is 1.94. The van der Waals surface area contributed by atoms with E-state index in [2.05, 4.69) is 33.0 Å². The second-order valence-electron chi connectivity index (χ2n) is 4.43. The van der Waals surface area contributed by atoms with Crippen LogP contribution >= 0.6 is 0 Å². The molecule has 0 saturated carbocycles. The molecule has 2 aromatic heterocycles. The maximum absolute atomic E-state index is 4.59. The van der Waals surface area contributed by atoms with Gasteiger partial charge in [0.1, 0.15) is 5.82 Å². The van der Waals surface area contributed by atoms with Crippen molar-refractivity contribution < 1.29 is 0 Å². The molecule has 0 radical (unpaired) electrons. The minimum atomic E-state index is 0.593. The molecular weight excluding hydrogens is 200 g/mol. The van der Waals surface area contributed by atoms with Crippen LogP contribution in [0.3, 0.4) is 0 Å². The summed E-state index contributed by atoms with van der Waals surface area (Å²) in [5.41, 5.74) is 1.98. The lowest BCUT2D eigenvalue weighted by Gasteiger charge is -2.09. The highest BCUT2D eigenvalue weighted by atomic mass is 15.1. The van der Waals surface area contributed by atoms with Gasteiger partial charge in [0.15, 0.2) is 5.65 Å². The summed E-state index contributed by atoms with van der Waals surface area (Å²) in [5.74, 6) is 1.13. The summed E-state index contributed by atoms with van der Waals surface area (Å²) in [6.07, 6.45) is 5.35. The molecule has 0 aromatic carbocycles. The van der Waals surface area contributed by atoms with E-state index in [0.717, 1.165) is 30.0 Å². The van der Waals surface area contributed by atoms with Crippen LogP contribution in [-0.4, -0.2) is 27.1 Å². The zero-order valence-corrected chi connectivity index (χ0v) is 9.48. The minimum absolute atomic E-state index is 0.593. The lowest BCUT2D eigenvalue weighted by molar-refractivity contribution is 0.575. The molecule has 16 heavy (non-hydrogen) atoms. The van der Waals surface area contributed by atoms with Gasteiger partial charge < -0.3 is 9.88 Å². The Bertz CT molecular complexity index is 497. The number of nitrogens with zero attached hydrogens (tertiary/aromatic N) is 3. The van der Waals surface area contributed by atoms with Gasteiger partial charge in [0.05, 0.1) is 5.52 Å². The van der Waals surface area contributed by atoms with Crippen molar-refractivity contribution in [2.45, 2.75) is 25.3 Å². The molecule has 3 heterocycles. The summed E-state index contributed by atoms with van der Waals surface area (Å²) >= 11 is 0. The third-order valence-corrected chi connectivity index (χ3v) is 3.34. The first-order valence-corrected chi connectivity index (χ1v) is 5.84. The van der Waals surface area contributed by atoms with Crippen molar-refractivity contribution in [2.24, 2.45) is 7.05 Å². The first kappa shape index (κ1) is 9.78. The lowest BCUT2D eigenvalue weighted by Crippen LogP contribution is -2.25. The topological polar surface area (TPSA) is 42.7 Å². The number of aryl methyl sites for hydroxylation is 1. The van der Waals surface area contributed by atoms with Gasteiger partial charge in [0, 0.05) is 25.7 Å². The summed E-state index contributed by atoms with van der Waals surface area (Å²) in [6, 6.07) is 4.62. The fourth-order valence-corrected chi connectivity index (χ4v) is 2.41. The Kier molecular flexibility index (Phi) is 2.36. The quantitative estimate of drug-likeness (QED) is 0.822. The minimum Gasteiger partial charge on any atom is -0.330 e. The third kappa shape index (κ3) is 1.59. The zero-order chi connectivity index (χ0) is 11.0. The van der Waals surface area contributed by atoms with Crippen molar-refractivity contribution in [2.75, 3.05) is 6.54 Å². The summed E-state index contributed by atoms with van der Waals surface area (Å²) in [5, 5.41) is 3.50. The van der Waals surface area contributed by atoms with Gasteiger partial charge in [-0.15, -0.1) is 0 Å². The molecular formula is C12H16N4. The third-order valence-electron chi connectivity index (χ3n) is 3.34. The number of rotatable bonds is 2. The van der Waals surface area contributed by atoms with E-state index in [4.69, 9.17) is 0 Å². The van der Waals surface area contributed by atoms with Gasteiger partial charge in [0.2, 0.25) is 0 Å². The molecule has 1 fully saturated rings. The smallest absolute Gasteiger partial charge is 0.177 e. The average Bonchev–Trinajstić information content (AvgIpc) is 2.90. The Morgan fingerprint density at radius 3 is 3.25 bits per heavy atom. The van der Waals surface area contributed by atoms with Crippen molar-refractivity contribution in [1.29, 1.82) is 0 Å². The molecule has 1 aliphatic rings. The second-order valence-corrected chi connectivity index (χ2v) is 4.43. The van der Waals surface area contributed by atoms with E-state index in [1.165, 1.54) is 12.8 Å². The Morgan fingerprint density at radius 1 is 1.56 bits per heavy atom. The van der Waals surface area contributed by atoms with E-state index in [0.29, 0.717) is 6.04 Å². The number of fused-ring (bicyclic) bond motifs is 1. The molecule has 2 aromatic rings. The number of imidazole rings is 1. The van der Waals surface area contributed by atoms with E-state index in [9.17, 15) is 0 Å². The number of hydrogen-bond donors (Lipinski definition) is 1. The molecule has 1 aliphatic heterocycles. The molecule has 4 heteroatoms. The van der Waals surface area contributed by atoms with Crippen LogP contribution in [0, 0.1) is 0 Å². The summed E-state index contributed by atoms with van der Waals surface area (Å²) in [4.78, 5) is 8.87. The van der Waals surface area contributed by atoms with Gasteiger partial charge in [-0.3, -0.25) is 0 Å². The molecule has 1 saturated heterocycles. The average molecular weight is 216 g/mol. The molecule has 1 N–H and O–H groups in total. The van der Waals surface area contributed by atoms with Crippen molar-refractivity contribution in [3.8, 4) is 0 Å². The maximum Gasteiger partial charge on any atom is 0.177 e. The van der Waals surface area contributed by atoms with Crippen LogP contribution in [-0.2, 0) is 13.5 Å². The van der Waals surface area contributed by atoms with Crippen LogP contribution in [0.2, 0.25) is 0 Å². The van der Waals surface area contributed by atoms with Gasteiger partial charge in [-0.1, -0.05) is 0 Å². The van der Waals surface area contributed by atoms with Crippen LogP contribution in [0.4, 0.5) is 0 Å². The standard InChI is InChI=1S/C12H16N4/c1-16-10-5-3-7-14-12(10)15-11(16)8-9-4-2-6-13-9/h3,5,7,9,13H,2,4,6,8H2,1H3. The first-order chi connectivity index (χ1) is 7.84. The van der Waals surface area contributed by atoms with Crippen molar-refractivity contribution in [1.82, 2.24) is 19.9 Å².